The highest BCUT2D eigenvalue weighted by Crippen LogP contribution is 2.17. The van der Waals surface area contributed by atoms with E-state index in [1.165, 1.54) is 5.39 Å². The highest BCUT2D eigenvalue weighted by molar-refractivity contribution is 7.80. The van der Waals surface area contributed by atoms with Crippen LogP contribution in [-0.4, -0.2) is 40.3 Å². The number of thiocarbonyl (C=S) groups is 1. The van der Waals surface area contributed by atoms with Crippen molar-refractivity contribution < 1.29 is 19.4 Å². The first-order chi connectivity index (χ1) is 13.8. The van der Waals surface area contributed by atoms with E-state index in [1.807, 2.05) is 32.0 Å². The van der Waals surface area contributed by atoms with Crippen molar-refractivity contribution in [1.29, 1.82) is 0 Å². The van der Waals surface area contributed by atoms with Crippen molar-refractivity contribution >= 4 is 39.9 Å². The summed E-state index contributed by atoms with van der Waals surface area (Å²) >= 11 is 5.51. The van der Waals surface area contributed by atoms with Gasteiger partial charge in [0, 0.05) is 6.42 Å². The maximum Gasteiger partial charge on any atom is 0.310 e. The van der Waals surface area contributed by atoms with E-state index in [2.05, 4.69) is 39.6 Å². The number of cyclic esters (lactones) is 1. The second kappa shape index (κ2) is 9.33. The van der Waals surface area contributed by atoms with Crippen molar-refractivity contribution in [2.24, 2.45) is 5.92 Å². The van der Waals surface area contributed by atoms with E-state index < -0.39 is 24.3 Å². The Labute approximate surface area is 175 Å². The van der Waals surface area contributed by atoms with E-state index >= 15 is 0 Å². The summed E-state index contributed by atoms with van der Waals surface area (Å²) in [6.07, 6.45) is -0.254. The second-order valence-corrected chi connectivity index (χ2v) is 8.30. The SMILES string of the molecule is CC(C)C[C@H](NC(=S)Cc1ccc2ccccc2c1)C(=O)N[C@H]1CC(=O)OC1O. The topological polar surface area (TPSA) is 87.7 Å². The molecular formula is C22H26N2O4S. The molecule has 1 aliphatic heterocycles. The predicted octanol–water partition coefficient (Wildman–Crippen LogP) is 2.46. The molecule has 1 unspecified atom stereocenters. The number of hydrogen-bond donors (Lipinski definition) is 3. The molecule has 0 spiro atoms. The minimum absolute atomic E-state index is 0.0388. The summed E-state index contributed by atoms with van der Waals surface area (Å²) in [6.45, 7) is 4.04. The maximum absolute atomic E-state index is 12.7. The lowest BCUT2D eigenvalue weighted by atomic mass is 10.0. The summed E-state index contributed by atoms with van der Waals surface area (Å²) in [7, 11) is 0. The molecule has 0 aromatic heterocycles. The lowest BCUT2D eigenvalue weighted by Gasteiger charge is -2.24. The molecule has 0 aliphatic carbocycles. The third-order valence-corrected chi connectivity index (χ3v) is 5.11. The molecule has 1 heterocycles. The van der Waals surface area contributed by atoms with Gasteiger partial charge in [0.2, 0.25) is 12.2 Å². The first-order valence-electron chi connectivity index (χ1n) is 9.77. The number of aliphatic hydroxyl groups is 1. The lowest BCUT2D eigenvalue weighted by Crippen LogP contribution is -2.51. The molecule has 29 heavy (non-hydrogen) atoms. The Morgan fingerprint density at radius 1 is 1.24 bits per heavy atom. The van der Waals surface area contributed by atoms with E-state index in [-0.39, 0.29) is 18.2 Å². The number of hydrogen-bond acceptors (Lipinski definition) is 5. The largest absolute Gasteiger partial charge is 0.434 e. The van der Waals surface area contributed by atoms with E-state index in [4.69, 9.17) is 12.2 Å². The van der Waals surface area contributed by atoms with E-state index in [9.17, 15) is 14.7 Å². The Morgan fingerprint density at radius 3 is 2.62 bits per heavy atom. The lowest BCUT2D eigenvalue weighted by molar-refractivity contribution is -0.155. The van der Waals surface area contributed by atoms with E-state index in [1.54, 1.807) is 0 Å². The number of carbonyl (C=O) groups excluding carboxylic acids is 2. The van der Waals surface area contributed by atoms with Crippen LogP contribution in [0.5, 0.6) is 0 Å². The smallest absolute Gasteiger partial charge is 0.310 e. The summed E-state index contributed by atoms with van der Waals surface area (Å²) in [4.78, 5) is 24.6. The highest BCUT2D eigenvalue weighted by Gasteiger charge is 2.35. The molecule has 3 rings (SSSR count). The highest BCUT2D eigenvalue weighted by atomic mass is 32.1. The second-order valence-electron chi connectivity index (χ2n) is 7.81. The molecule has 3 atom stereocenters. The van der Waals surface area contributed by atoms with Gasteiger partial charge in [-0.05, 0) is 28.7 Å². The number of aliphatic hydroxyl groups excluding tert-OH is 1. The average molecular weight is 415 g/mol. The Bertz CT molecular complexity index is 915. The number of amides is 1. The third kappa shape index (κ3) is 5.74. The minimum atomic E-state index is -1.31. The number of ether oxygens (including phenoxy) is 1. The Morgan fingerprint density at radius 2 is 1.97 bits per heavy atom. The first kappa shape index (κ1) is 21.2. The van der Waals surface area contributed by atoms with Crippen molar-refractivity contribution in [1.82, 2.24) is 10.6 Å². The Balaban J connectivity index is 1.64. The molecule has 0 bridgehead atoms. The van der Waals surface area contributed by atoms with Gasteiger partial charge in [-0.25, -0.2) is 0 Å². The molecule has 1 fully saturated rings. The summed E-state index contributed by atoms with van der Waals surface area (Å²) in [5.41, 5.74) is 1.06. The number of nitrogens with one attached hydrogen (secondary N) is 2. The van der Waals surface area contributed by atoms with Crippen LogP contribution >= 0.6 is 12.2 Å². The standard InChI is InChI=1S/C22H26N2O4S/c1-13(2)9-17(21(26)24-18-12-20(25)28-22(18)27)23-19(29)11-14-7-8-15-5-3-4-6-16(15)10-14/h3-8,10,13,17-18,22,27H,9,11-12H2,1-2H3,(H,23,29)(H,24,26)/t17-,18-,22?/m0/s1. The predicted molar refractivity (Wildman–Crippen MR) is 115 cm³/mol. The Kier molecular flexibility index (Phi) is 6.82. The molecule has 6 nitrogen and oxygen atoms in total. The zero-order chi connectivity index (χ0) is 21.0. The van der Waals surface area contributed by atoms with Crippen LogP contribution in [-0.2, 0) is 20.7 Å². The first-order valence-corrected chi connectivity index (χ1v) is 10.2. The van der Waals surface area contributed by atoms with Gasteiger partial charge in [0.05, 0.1) is 11.4 Å². The fourth-order valence-electron chi connectivity index (χ4n) is 3.43. The normalized spacial score (nSPS) is 19.8. The van der Waals surface area contributed by atoms with Crippen molar-refractivity contribution in [2.75, 3.05) is 0 Å². The van der Waals surface area contributed by atoms with Crippen LogP contribution in [0.2, 0.25) is 0 Å². The van der Waals surface area contributed by atoms with Gasteiger partial charge in [-0.2, -0.15) is 0 Å². The number of rotatable bonds is 7. The van der Waals surface area contributed by atoms with Crippen LogP contribution in [0.15, 0.2) is 42.5 Å². The van der Waals surface area contributed by atoms with Gasteiger partial charge < -0.3 is 20.5 Å². The molecule has 3 N–H and O–H groups in total. The van der Waals surface area contributed by atoms with Crippen molar-refractivity contribution in [3.05, 3.63) is 48.0 Å². The van der Waals surface area contributed by atoms with Crippen LogP contribution in [0.1, 0.15) is 32.3 Å². The molecule has 1 aliphatic rings. The molecule has 2 aromatic rings. The van der Waals surface area contributed by atoms with Gasteiger partial charge in [0.15, 0.2) is 0 Å². The van der Waals surface area contributed by atoms with Crippen molar-refractivity contribution in [3.8, 4) is 0 Å². The minimum Gasteiger partial charge on any atom is -0.434 e. The quantitative estimate of drug-likeness (QED) is 0.477. The van der Waals surface area contributed by atoms with Gasteiger partial charge in [-0.3, -0.25) is 9.59 Å². The molecule has 0 saturated carbocycles. The Hall–Kier alpha value is -2.51. The molecule has 1 amide bonds. The van der Waals surface area contributed by atoms with E-state index in [0.29, 0.717) is 17.8 Å². The number of fused-ring (bicyclic) bond motifs is 1. The van der Waals surface area contributed by atoms with Gasteiger partial charge >= 0.3 is 5.97 Å². The van der Waals surface area contributed by atoms with Crippen LogP contribution in [0, 0.1) is 5.92 Å². The zero-order valence-electron chi connectivity index (χ0n) is 16.6. The van der Waals surface area contributed by atoms with Crippen LogP contribution in [0.3, 0.4) is 0 Å². The number of esters is 1. The van der Waals surface area contributed by atoms with Crippen LogP contribution in [0.4, 0.5) is 0 Å². The molecule has 7 heteroatoms. The fraction of sp³-hybridized carbons (Fsp3) is 0.409. The number of benzene rings is 2. The summed E-state index contributed by atoms with van der Waals surface area (Å²) in [5.74, 6) is -0.571. The summed E-state index contributed by atoms with van der Waals surface area (Å²) in [6, 6.07) is 13.0. The number of carbonyl (C=O) groups is 2. The molecule has 0 radical (unpaired) electrons. The van der Waals surface area contributed by atoms with Crippen LogP contribution in [0.25, 0.3) is 10.8 Å². The summed E-state index contributed by atoms with van der Waals surface area (Å²) in [5, 5.41) is 17.9. The van der Waals surface area contributed by atoms with E-state index in [0.717, 1.165) is 10.9 Å². The molecule has 154 valence electrons. The molecule has 1 saturated heterocycles. The summed E-state index contributed by atoms with van der Waals surface area (Å²) < 4.78 is 4.69. The molecular weight excluding hydrogens is 388 g/mol. The average Bonchev–Trinajstić information content (AvgIpc) is 2.97. The van der Waals surface area contributed by atoms with Crippen LogP contribution < -0.4 is 10.6 Å². The van der Waals surface area contributed by atoms with Gasteiger partial charge in [0.1, 0.15) is 12.1 Å². The van der Waals surface area contributed by atoms with Crippen molar-refractivity contribution in [3.63, 3.8) is 0 Å². The van der Waals surface area contributed by atoms with Gasteiger partial charge in [0.25, 0.3) is 0 Å². The van der Waals surface area contributed by atoms with Gasteiger partial charge in [-0.1, -0.05) is 68.5 Å². The zero-order valence-corrected chi connectivity index (χ0v) is 17.4. The monoisotopic (exact) mass is 414 g/mol. The molecule has 2 aromatic carbocycles. The van der Waals surface area contributed by atoms with Crippen molar-refractivity contribution in [2.45, 2.75) is 51.5 Å². The fourth-order valence-corrected chi connectivity index (χ4v) is 3.74. The van der Waals surface area contributed by atoms with Gasteiger partial charge in [-0.15, -0.1) is 0 Å². The maximum atomic E-state index is 12.7. The third-order valence-electron chi connectivity index (χ3n) is 4.85.